The lowest BCUT2D eigenvalue weighted by molar-refractivity contribution is -0.135. The van der Waals surface area contributed by atoms with E-state index in [2.05, 4.69) is 5.32 Å². The maximum atomic E-state index is 12.2. The maximum Gasteiger partial charge on any atom is 0.327 e. The van der Waals surface area contributed by atoms with Crippen LogP contribution in [0.1, 0.15) is 6.42 Å². The fourth-order valence-corrected chi connectivity index (χ4v) is 3.63. The summed E-state index contributed by atoms with van der Waals surface area (Å²) in [6.07, 6.45) is 1.06. The number of hydrogen-bond donors (Lipinski definition) is 1. The van der Waals surface area contributed by atoms with Crippen LogP contribution in [-0.4, -0.2) is 80.3 Å². The van der Waals surface area contributed by atoms with Crippen LogP contribution in [0.3, 0.4) is 0 Å². The highest BCUT2D eigenvalue weighted by Crippen LogP contribution is 2.43. The molecule has 2 heterocycles. The number of amides is 4. The largest absolute Gasteiger partial charge is 0.384 e. The van der Waals surface area contributed by atoms with Crippen molar-refractivity contribution in [2.75, 3.05) is 40.5 Å². The highest BCUT2D eigenvalue weighted by molar-refractivity contribution is 6.04. The number of nitrogens with zero attached hydrogens (tertiary/aromatic N) is 2. The Morgan fingerprint density at radius 2 is 2.23 bits per heavy atom. The Morgan fingerprint density at radius 3 is 2.86 bits per heavy atom. The predicted octanol–water partition coefficient (Wildman–Crippen LogP) is -0.953. The molecule has 0 spiro atoms. The van der Waals surface area contributed by atoms with Gasteiger partial charge in [-0.1, -0.05) is 0 Å². The Balaban J connectivity index is 1.57. The van der Waals surface area contributed by atoms with E-state index in [9.17, 15) is 14.4 Å². The van der Waals surface area contributed by atoms with Crippen LogP contribution < -0.4 is 5.32 Å². The minimum absolute atomic E-state index is 0.00881. The van der Waals surface area contributed by atoms with Crippen LogP contribution in [0.5, 0.6) is 0 Å². The zero-order chi connectivity index (χ0) is 15.9. The number of likely N-dealkylation sites (N-methyl/N-ethyl adjacent to an activating group) is 1. The Kier molecular flexibility index (Phi) is 4.05. The molecule has 1 N–H and O–H groups in total. The van der Waals surface area contributed by atoms with Crippen molar-refractivity contribution in [2.24, 2.45) is 11.8 Å². The molecule has 122 valence electrons. The summed E-state index contributed by atoms with van der Waals surface area (Å²) in [6.45, 7) is 1.03. The summed E-state index contributed by atoms with van der Waals surface area (Å²) in [7, 11) is 3.16. The van der Waals surface area contributed by atoms with Gasteiger partial charge in [0.2, 0.25) is 5.91 Å². The first-order valence-corrected chi connectivity index (χ1v) is 7.48. The van der Waals surface area contributed by atoms with Gasteiger partial charge in [0.15, 0.2) is 0 Å². The number of carbonyl (C=O) groups excluding carboxylic acids is 3. The van der Waals surface area contributed by atoms with E-state index in [0.29, 0.717) is 19.1 Å². The summed E-state index contributed by atoms with van der Waals surface area (Å²) in [4.78, 5) is 37.9. The number of fused-ring (bicyclic) bond motifs is 1. The molecule has 3 fully saturated rings. The normalized spacial score (nSPS) is 33.9. The number of rotatable bonds is 5. The van der Waals surface area contributed by atoms with E-state index < -0.39 is 6.03 Å². The summed E-state index contributed by atoms with van der Waals surface area (Å²) in [6, 6.07) is -0.435. The van der Waals surface area contributed by atoms with E-state index >= 15 is 0 Å². The number of nitrogens with one attached hydrogen (secondary N) is 1. The first-order chi connectivity index (χ1) is 10.5. The van der Waals surface area contributed by atoms with Gasteiger partial charge in [-0.2, -0.15) is 0 Å². The van der Waals surface area contributed by atoms with Gasteiger partial charge < -0.3 is 19.7 Å². The lowest BCUT2D eigenvalue weighted by Crippen LogP contribution is -2.63. The SMILES string of the molecule is COC[C@@H]1[C@H](NC(=O)CN2C(=O)CN(C)C2=O)[C@@H]2CCO[C@H]12. The molecule has 22 heavy (non-hydrogen) atoms. The third-order valence-corrected chi connectivity index (χ3v) is 4.75. The fraction of sp³-hybridized carbons (Fsp3) is 0.786. The van der Waals surface area contributed by atoms with Gasteiger partial charge in [0.25, 0.3) is 5.91 Å². The van der Waals surface area contributed by atoms with Gasteiger partial charge in [-0.05, 0) is 6.42 Å². The lowest BCUT2D eigenvalue weighted by atomic mass is 9.67. The predicted molar refractivity (Wildman–Crippen MR) is 74.9 cm³/mol. The number of carbonyl (C=O) groups is 3. The minimum atomic E-state index is -0.427. The van der Waals surface area contributed by atoms with Gasteiger partial charge in [0, 0.05) is 38.6 Å². The molecule has 0 unspecified atom stereocenters. The third kappa shape index (κ3) is 2.46. The van der Waals surface area contributed by atoms with Gasteiger partial charge in [0.05, 0.1) is 12.7 Å². The maximum absolute atomic E-state index is 12.2. The van der Waals surface area contributed by atoms with Gasteiger partial charge in [0.1, 0.15) is 13.1 Å². The van der Waals surface area contributed by atoms with Crippen LogP contribution in [0, 0.1) is 11.8 Å². The quantitative estimate of drug-likeness (QED) is 0.661. The van der Waals surface area contributed by atoms with Crippen LogP contribution in [0.2, 0.25) is 0 Å². The molecular formula is C14H21N3O5. The number of hydrogen-bond acceptors (Lipinski definition) is 5. The zero-order valence-electron chi connectivity index (χ0n) is 12.8. The second-order valence-corrected chi connectivity index (χ2v) is 6.12. The molecule has 0 aromatic carbocycles. The first-order valence-electron chi connectivity index (χ1n) is 7.48. The van der Waals surface area contributed by atoms with Crippen molar-refractivity contribution in [3.8, 4) is 0 Å². The Labute approximate surface area is 128 Å². The number of methoxy groups -OCH3 is 1. The lowest BCUT2D eigenvalue weighted by Gasteiger charge is -2.47. The van der Waals surface area contributed by atoms with Crippen LogP contribution in [0.25, 0.3) is 0 Å². The third-order valence-electron chi connectivity index (χ3n) is 4.75. The summed E-state index contributed by atoms with van der Waals surface area (Å²) in [5.74, 6) is -0.217. The number of ether oxygens (including phenoxy) is 2. The average Bonchev–Trinajstić information content (AvgIpc) is 3.00. The Bertz CT molecular complexity index is 497. The summed E-state index contributed by atoms with van der Waals surface area (Å²) in [5, 5.41) is 2.94. The molecule has 8 nitrogen and oxygen atoms in total. The summed E-state index contributed by atoms with van der Waals surface area (Å²) >= 11 is 0. The molecule has 1 saturated carbocycles. The van der Waals surface area contributed by atoms with Crippen molar-refractivity contribution in [1.29, 1.82) is 0 Å². The van der Waals surface area contributed by atoms with E-state index in [0.717, 1.165) is 11.3 Å². The fourth-order valence-electron chi connectivity index (χ4n) is 3.63. The first kappa shape index (κ1) is 15.2. The van der Waals surface area contributed by atoms with E-state index in [4.69, 9.17) is 9.47 Å². The van der Waals surface area contributed by atoms with Gasteiger partial charge in [-0.25, -0.2) is 4.79 Å². The van der Waals surface area contributed by atoms with Crippen molar-refractivity contribution in [3.05, 3.63) is 0 Å². The van der Waals surface area contributed by atoms with Crippen molar-refractivity contribution in [3.63, 3.8) is 0 Å². The molecule has 2 aliphatic heterocycles. The molecule has 8 heteroatoms. The highest BCUT2D eigenvalue weighted by Gasteiger charge is 2.54. The molecule has 0 bridgehead atoms. The molecule has 4 atom stereocenters. The monoisotopic (exact) mass is 311 g/mol. The molecule has 0 aromatic rings. The number of imide groups is 1. The van der Waals surface area contributed by atoms with E-state index in [-0.39, 0.29) is 43.0 Å². The van der Waals surface area contributed by atoms with E-state index in [1.807, 2.05) is 0 Å². The zero-order valence-corrected chi connectivity index (χ0v) is 12.8. The van der Waals surface area contributed by atoms with Gasteiger partial charge >= 0.3 is 6.03 Å². The smallest absolute Gasteiger partial charge is 0.327 e. The minimum Gasteiger partial charge on any atom is -0.384 e. The molecule has 1 aliphatic carbocycles. The van der Waals surface area contributed by atoms with Crippen molar-refractivity contribution in [1.82, 2.24) is 15.1 Å². The van der Waals surface area contributed by atoms with Crippen molar-refractivity contribution < 1.29 is 23.9 Å². The summed E-state index contributed by atoms with van der Waals surface area (Å²) in [5.41, 5.74) is 0. The van der Waals surface area contributed by atoms with Crippen molar-refractivity contribution in [2.45, 2.75) is 18.6 Å². The average molecular weight is 311 g/mol. The Morgan fingerprint density at radius 1 is 1.45 bits per heavy atom. The van der Waals surface area contributed by atoms with Gasteiger partial charge in [-0.15, -0.1) is 0 Å². The Hall–Kier alpha value is -1.67. The molecule has 0 radical (unpaired) electrons. The number of urea groups is 1. The second-order valence-electron chi connectivity index (χ2n) is 6.12. The van der Waals surface area contributed by atoms with E-state index in [1.165, 1.54) is 4.90 Å². The second kappa shape index (κ2) is 5.85. The summed E-state index contributed by atoms with van der Waals surface area (Å²) < 4.78 is 10.8. The van der Waals surface area contributed by atoms with Crippen molar-refractivity contribution >= 4 is 17.8 Å². The molecule has 4 amide bonds. The van der Waals surface area contributed by atoms with Crippen LogP contribution in [0.4, 0.5) is 4.79 Å². The highest BCUT2D eigenvalue weighted by atomic mass is 16.5. The van der Waals surface area contributed by atoms with Gasteiger partial charge in [-0.3, -0.25) is 14.5 Å². The van der Waals surface area contributed by atoms with E-state index in [1.54, 1.807) is 14.2 Å². The standard InChI is InChI=1S/C14H21N3O5/c1-16-6-11(19)17(14(16)20)5-10(18)15-12-8-3-4-22-13(8)9(12)7-21-2/h8-9,12-13H,3-7H2,1-2H3,(H,15,18)/t8-,9+,12+,13-/m0/s1. The van der Waals surface area contributed by atoms with Crippen LogP contribution in [0.15, 0.2) is 0 Å². The van der Waals surface area contributed by atoms with Crippen LogP contribution >= 0.6 is 0 Å². The molecule has 2 saturated heterocycles. The molecule has 3 rings (SSSR count). The topological polar surface area (TPSA) is 88.2 Å². The molecular weight excluding hydrogens is 290 g/mol. The molecule has 0 aromatic heterocycles. The van der Waals surface area contributed by atoms with Crippen LogP contribution in [-0.2, 0) is 19.1 Å². The molecule has 3 aliphatic rings.